The second-order valence-corrected chi connectivity index (χ2v) is 5.02. The fourth-order valence-corrected chi connectivity index (χ4v) is 2.14. The topological polar surface area (TPSA) is 32.3 Å². The lowest BCUT2D eigenvalue weighted by Gasteiger charge is -2.14. The molecule has 0 aliphatic carbocycles. The second kappa shape index (κ2) is 5.86. The molecule has 2 nitrogen and oxygen atoms in total. The molecule has 0 saturated carbocycles. The Bertz CT molecular complexity index is 329. The van der Waals surface area contributed by atoms with Gasteiger partial charge in [-0.15, -0.1) is 11.3 Å². The zero-order valence-electron chi connectivity index (χ0n) is 8.22. The van der Waals surface area contributed by atoms with E-state index in [-0.39, 0.29) is 0 Å². The molecule has 2 N–H and O–H groups in total. The van der Waals surface area contributed by atoms with Crippen molar-refractivity contribution < 1.29 is 18.3 Å². The van der Waals surface area contributed by atoms with Crippen molar-refractivity contribution in [2.45, 2.75) is 18.7 Å². The number of rotatable bonds is 5. The van der Waals surface area contributed by atoms with Gasteiger partial charge in [0.2, 0.25) is 0 Å². The maximum Gasteiger partial charge on any atom is 0.415 e. The third-order valence-corrected chi connectivity index (χ3v) is 3.18. The molecule has 1 atom stereocenters. The zero-order valence-corrected chi connectivity index (χ0v) is 9.79. The van der Waals surface area contributed by atoms with Gasteiger partial charge >= 0.3 is 6.18 Å². The van der Waals surface area contributed by atoms with Crippen molar-refractivity contribution in [1.82, 2.24) is 5.32 Å². The first-order valence-electron chi connectivity index (χ1n) is 4.59. The molecular formula is C9H11ClF3NOS. The molecule has 0 fully saturated rings. The maximum absolute atomic E-state index is 11.9. The molecule has 1 rings (SSSR count). The van der Waals surface area contributed by atoms with E-state index in [4.69, 9.17) is 16.7 Å². The van der Waals surface area contributed by atoms with Crippen LogP contribution in [0, 0.1) is 0 Å². The van der Waals surface area contributed by atoms with Crippen molar-refractivity contribution in [2.75, 3.05) is 13.1 Å². The lowest BCUT2D eigenvalue weighted by Crippen LogP contribution is -2.38. The van der Waals surface area contributed by atoms with Crippen LogP contribution < -0.4 is 5.32 Å². The number of aliphatic hydroxyl groups excluding tert-OH is 1. The molecule has 0 radical (unpaired) electrons. The predicted octanol–water partition coefficient (Wildman–Crippen LogP) is 2.46. The van der Waals surface area contributed by atoms with Crippen molar-refractivity contribution >= 4 is 22.9 Å². The molecule has 0 spiro atoms. The normalized spacial score (nSPS) is 14.1. The van der Waals surface area contributed by atoms with Crippen LogP contribution in [0.3, 0.4) is 0 Å². The molecule has 0 aromatic carbocycles. The highest BCUT2D eigenvalue weighted by molar-refractivity contribution is 7.16. The molecule has 0 amide bonds. The molecule has 1 aromatic rings. The summed E-state index contributed by atoms with van der Waals surface area (Å²) in [5.74, 6) is 0. The summed E-state index contributed by atoms with van der Waals surface area (Å²) in [6.45, 7) is -0.105. The van der Waals surface area contributed by atoms with Crippen LogP contribution in [0.2, 0.25) is 4.34 Å². The van der Waals surface area contributed by atoms with Crippen LogP contribution in [0.1, 0.15) is 4.88 Å². The van der Waals surface area contributed by atoms with Gasteiger partial charge in [0.15, 0.2) is 6.10 Å². The first kappa shape index (κ1) is 13.8. The Morgan fingerprint density at radius 2 is 2.12 bits per heavy atom. The quantitative estimate of drug-likeness (QED) is 0.808. The minimum absolute atomic E-state index is 0.379. The lowest BCUT2D eigenvalue weighted by molar-refractivity contribution is -0.201. The minimum atomic E-state index is -4.56. The van der Waals surface area contributed by atoms with Crippen LogP contribution in [-0.4, -0.2) is 30.5 Å². The number of thiophene rings is 1. The standard InChI is InChI=1S/C9H11ClF3NOS/c10-8-2-1-6(16-8)3-4-14-5-7(15)9(11,12)13/h1-2,7,14-15H,3-5H2. The van der Waals surface area contributed by atoms with Gasteiger partial charge in [0, 0.05) is 18.0 Å². The highest BCUT2D eigenvalue weighted by atomic mass is 35.5. The van der Waals surface area contributed by atoms with Crippen LogP contribution in [0.25, 0.3) is 0 Å². The average Bonchev–Trinajstić information content (AvgIpc) is 2.57. The van der Waals surface area contributed by atoms with Crippen molar-refractivity contribution in [3.63, 3.8) is 0 Å². The van der Waals surface area contributed by atoms with Crippen LogP contribution >= 0.6 is 22.9 Å². The monoisotopic (exact) mass is 273 g/mol. The SMILES string of the molecule is OC(CNCCc1ccc(Cl)s1)C(F)(F)F. The highest BCUT2D eigenvalue weighted by Crippen LogP contribution is 2.21. The summed E-state index contributed by atoms with van der Waals surface area (Å²) in [5.41, 5.74) is 0. The first-order valence-corrected chi connectivity index (χ1v) is 5.79. The third-order valence-electron chi connectivity index (χ3n) is 1.89. The van der Waals surface area contributed by atoms with E-state index >= 15 is 0 Å². The van der Waals surface area contributed by atoms with E-state index in [9.17, 15) is 13.2 Å². The molecule has 1 unspecified atom stereocenters. The van der Waals surface area contributed by atoms with Crippen LogP contribution in [0.4, 0.5) is 13.2 Å². The Labute approximate surface area is 100 Å². The molecule has 0 saturated heterocycles. The number of hydrogen-bond acceptors (Lipinski definition) is 3. The maximum atomic E-state index is 11.9. The third kappa shape index (κ3) is 4.69. The summed E-state index contributed by atoms with van der Waals surface area (Å²) >= 11 is 7.09. The Hall–Kier alpha value is -0.300. The number of hydrogen-bond donors (Lipinski definition) is 2. The van der Waals surface area contributed by atoms with Gasteiger partial charge in [0.25, 0.3) is 0 Å². The fourth-order valence-electron chi connectivity index (χ4n) is 1.05. The number of aliphatic hydroxyl groups is 1. The molecule has 0 bridgehead atoms. The van der Waals surface area contributed by atoms with Gasteiger partial charge in [0.1, 0.15) is 0 Å². The second-order valence-electron chi connectivity index (χ2n) is 3.22. The summed E-state index contributed by atoms with van der Waals surface area (Å²) in [7, 11) is 0. The van der Waals surface area contributed by atoms with E-state index in [0.717, 1.165) is 4.88 Å². The van der Waals surface area contributed by atoms with Gasteiger partial charge < -0.3 is 10.4 Å². The Balaban J connectivity index is 2.17. The predicted molar refractivity (Wildman–Crippen MR) is 58.0 cm³/mol. The molecular weight excluding hydrogens is 263 g/mol. The van der Waals surface area contributed by atoms with E-state index in [1.165, 1.54) is 11.3 Å². The largest absolute Gasteiger partial charge is 0.415 e. The number of alkyl halides is 3. The van der Waals surface area contributed by atoms with Crippen LogP contribution in [-0.2, 0) is 6.42 Å². The van der Waals surface area contributed by atoms with Gasteiger partial charge in [-0.3, -0.25) is 0 Å². The van der Waals surface area contributed by atoms with E-state index in [2.05, 4.69) is 5.32 Å². The van der Waals surface area contributed by atoms with E-state index in [0.29, 0.717) is 17.3 Å². The molecule has 0 aliphatic heterocycles. The minimum Gasteiger partial charge on any atom is -0.382 e. The first-order chi connectivity index (χ1) is 7.39. The average molecular weight is 274 g/mol. The summed E-state index contributed by atoms with van der Waals surface area (Å²) in [6.07, 6.45) is -6.26. The Kier molecular flexibility index (Phi) is 5.04. The molecule has 1 aromatic heterocycles. The zero-order chi connectivity index (χ0) is 12.2. The lowest BCUT2D eigenvalue weighted by atomic mass is 10.3. The van der Waals surface area contributed by atoms with E-state index in [1.54, 1.807) is 6.07 Å². The van der Waals surface area contributed by atoms with Crippen LogP contribution in [0.15, 0.2) is 12.1 Å². The molecule has 16 heavy (non-hydrogen) atoms. The smallest absolute Gasteiger partial charge is 0.382 e. The van der Waals surface area contributed by atoms with Gasteiger partial charge in [0.05, 0.1) is 4.34 Å². The molecule has 0 aliphatic rings. The van der Waals surface area contributed by atoms with Gasteiger partial charge in [-0.05, 0) is 18.6 Å². The van der Waals surface area contributed by atoms with Crippen molar-refractivity contribution in [2.24, 2.45) is 0 Å². The molecule has 92 valence electrons. The van der Waals surface area contributed by atoms with Gasteiger partial charge in [-0.1, -0.05) is 11.6 Å². The van der Waals surface area contributed by atoms with Gasteiger partial charge in [-0.25, -0.2) is 0 Å². The highest BCUT2D eigenvalue weighted by Gasteiger charge is 2.37. The summed E-state index contributed by atoms with van der Waals surface area (Å²) < 4.78 is 36.3. The van der Waals surface area contributed by atoms with E-state index in [1.807, 2.05) is 6.07 Å². The van der Waals surface area contributed by atoms with E-state index < -0.39 is 18.8 Å². The Morgan fingerprint density at radius 1 is 1.44 bits per heavy atom. The number of halogens is 4. The molecule has 7 heteroatoms. The molecule has 1 heterocycles. The van der Waals surface area contributed by atoms with Crippen molar-refractivity contribution in [3.05, 3.63) is 21.3 Å². The van der Waals surface area contributed by atoms with Gasteiger partial charge in [-0.2, -0.15) is 13.2 Å². The summed E-state index contributed by atoms with van der Waals surface area (Å²) in [5, 5.41) is 11.2. The van der Waals surface area contributed by atoms with Crippen molar-refractivity contribution in [1.29, 1.82) is 0 Å². The Morgan fingerprint density at radius 3 is 2.62 bits per heavy atom. The number of nitrogens with one attached hydrogen (secondary N) is 1. The summed E-state index contributed by atoms with van der Waals surface area (Å²) in [6, 6.07) is 3.57. The fraction of sp³-hybridized carbons (Fsp3) is 0.556. The van der Waals surface area contributed by atoms with Crippen LogP contribution in [0.5, 0.6) is 0 Å². The van der Waals surface area contributed by atoms with Crippen molar-refractivity contribution in [3.8, 4) is 0 Å². The summed E-state index contributed by atoms with van der Waals surface area (Å²) in [4.78, 5) is 0.999.